The van der Waals surface area contributed by atoms with Gasteiger partial charge in [-0.1, -0.05) is 0 Å². The summed E-state index contributed by atoms with van der Waals surface area (Å²) in [5.41, 5.74) is 2.74. The second kappa shape index (κ2) is 9.61. The molecule has 0 fully saturated rings. The molecule has 164 valence electrons. The van der Waals surface area contributed by atoms with Crippen molar-refractivity contribution < 1.29 is 23.0 Å². The number of ketones is 1. The molecule has 10 heteroatoms. The quantitative estimate of drug-likeness (QED) is 0.510. The highest BCUT2D eigenvalue weighted by atomic mass is 19.3. The van der Waals surface area contributed by atoms with Crippen molar-refractivity contribution >= 4 is 17.4 Å². The van der Waals surface area contributed by atoms with E-state index in [2.05, 4.69) is 20.3 Å². The van der Waals surface area contributed by atoms with E-state index in [0.717, 1.165) is 11.4 Å². The zero-order valence-electron chi connectivity index (χ0n) is 17.6. The fraction of sp³-hybridized carbons (Fsp3) is 0.333. The average Bonchev–Trinajstić information content (AvgIpc) is 3.17. The van der Waals surface area contributed by atoms with Crippen molar-refractivity contribution in [3.8, 4) is 11.4 Å². The van der Waals surface area contributed by atoms with E-state index in [-0.39, 0.29) is 24.0 Å². The molecule has 3 aromatic rings. The lowest BCUT2D eigenvalue weighted by Crippen LogP contribution is -2.18. The van der Waals surface area contributed by atoms with Gasteiger partial charge in [0.15, 0.2) is 5.78 Å². The van der Waals surface area contributed by atoms with Crippen LogP contribution >= 0.6 is 0 Å². The summed E-state index contributed by atoms with van der Waals surface area (Å²) in [6.07, 6.45) is -0.309. The van der Waals surface area contributed by atoms with Crippen LogP contribution in [-0.2, 0) is 11.3 Å². The number of ether oxygens (including phenoxy) is 2. The molecular weight excluding hydrogens is 408 g/mol. The number of alkyl halides is 2. The van der Waals surface area contributed by atoms with Gasteiger partial charge in [-0.2, -0.15) is 0 Å². The maximum Gasteiger partial charge on any atom is 0.264 e. The lowest BCUT2D eigenvalue weighted by Gasteiger charge is -2.14. The van der Waals surface area contributed by atoms with E-state index in [4.69, 9.17) is 9.47 Å². The first-order valence-corrected chi connectivity index (χ1v) is 9.51. The Morgan fingerprint density at radius 3 is 2.65 bits per heavy atom. The number of hydrogen-bond acceptors (Lipinski definition) is 7. The van der Waals surface area contributed by atoms with E-state index in [9.17, 15) is 13.6 Å². The molecule has 0 saturated heterocycles. The Bertz CT molecular complexity index is 1070. The first kappa shape index (κ1) is 22.3. The maximum absolute atomic E-state index is 12.7. The highest BCUT2D eigenvalue weighted by Crippen LogP contribution is 2.28. The van der Waals surface area contributed by atoms with Gasteiger partial charge in [-0.15, -0.1) is 0 Å². The topological polar surface area (TPSA) is 91.2 Å². The molecule has 0 radical (unpaired) electrons. The van der Waals surface area contributed by atoms with Crippen LogP contribution in [0.2, 0.25) is 0 Å². The summed E-state index contributed by atoms with van der Waals surface area (Å²) < 4.78 is 37.8. The Kier molecular flexibility index (Phi) is 6.91. The zero-order chi connectivity index (χ0) is 22.5. The molecule has 0 saturated carbocycles. The number of halogens is 2. The Labute approximate surface area is 178 Å². The van der Waals surface area contributed by atoms with Crippen molar-refractivity contribution in [3.05, 3.63) is 53.9 Å². The van der Waals surface area contributed by atoms with Crippen LogP contribution in [0.15, 0.2) is 36.8 Å². The largest absolute Gasteiger partial charge is 0.494 e. The third kappa shape index (κ3) is 5.60. The lowest BCUT2D eigenvalue weighted by molar-refractivity contribution is -0.0535. The van der Waals surface area contributed by atoms with E-state index < -0.39 is 12.5 Å². The fourth-order valence-corrected chi connectivity index (χ4v) is 2.75. The van der Waals surface area contributed by atoms with E-state index in [1.54, 1.807) is 25.6 Å². The minimum Gasteiger partial charge on any atom is -0.494 e. The number of nitrogens with zero attached hydrogens (tertiary/aromatic N) is 4. The molecule has 2 aromatic heterocycles. The van der Waals surface area contributed by atoms with E-state index in [1.807, 2.05) is 23.8 Å². The number of nitrogens with one attached hydrogen (secondary N) is 1. The summed E-state index contributed by atoms with van der Waals surface area (Å²) in [6.45, 7) is 4.35. The van der Waals surface area contributed by atoms with Gasteiger partial charge >= 0.3 is 0 Å². The Morgan fingerprint density at radius 1 is 1.26 bits per heavy atom. The predicted molar refractivity (Wildman–Crippen MR) is 110 cm³/mol. The third-order valence-corrected chi connectivity index (χ3v) is 4.41. The van der Waals surface area contributed by atoms with Crippen molar-refractivity contribution in [3.63, 3.8) is 0 Å². The van der Waals surface area contributed by atoms with Crippen LogP contribution < -0.4 is 10.1 Å². The first-order chi connectivity index (χ1) is 14.8. The predicted octanol–water partition coefficient (Wildman–Crippen LogP) is 4.10. The van der Waals surface area contributed by atoms with Crippen LogP contribution in [0.4, 0.5) is 20.4 Å². The van der Waals surface area contributed by atoms with Gasteiger partial charge in [0, 0.05) is 24.9 Å². The molecule has 1 N–H and O–H groups in total. The van der Waals surface area contributed by atoms with Gasteiger partial charge in [-0.25, -0.2) is 23.7 Å². The number of carbonyl (C=O) groups excluding carboxylic acids is 1. The molecule has 0 bridgehead atoms. The number of aromatic nitrogens is 4. The highest BCUT2D eigenvalue weighted by Gasteiger charge is 2.17. The highest BCUT2D eigenvalue weighted by molar-refractivity contribution is 5.92. The van der Waals surface area contributed by atoms with E-state index in [1.165, 1.54) is 19.9 Å². The van der Waals surface area contributed by atoms with Gasteiger partial charge < -0.3 is 19.4 Å². The number of imidazole rings is 1. The summed E-state index contributed by atoms with van der Waals surface area (Å²) >= 11 is 0. The summed E-state index contributed by atoms with van der Waals surface area (Å²) in [7, 11) is 1.55. The summed E-state index contributed by atoms with van der Waals surface area (Å²) in [6, 6.07) is 6.82. The smallest absolute Gasteiger partial charge is 0.264 e. The molecule has 0 aliphatic rings. The van der Waals surface area contributed by atoms with Gasteiger partial charge in [0.2, 0.25) is 5.95 Å². The van der Waals surface area contributed by atoms with Crippen molar-refractivity contribution in [2.45, 2.75) is 39.9 Å². The Balaban J connectivity index is 1.86. The molecule has 31 heavy (non-hydrogen) atoms. The van der Waals surface area contributed by atoms with Crippen LogP contribution in [-0.4, -0.2) is 44.9 Å². The number of Topliss-reactive ketones (excluding diaryl/α,β-unsaturated/α-hetero) is 1. The van der Waals surface area contributed by atoms with Crippen LogP contribution in [0, 0.1) is 6.92 Å². The number of carbonyl (C=O) groups is 1. The third-order valence-electron chi connectivity index (χ3n) is 4.41. The van der Waals surface area contributed by atoms with Crippen molar-refractivity contribution in [2.24, 2.45) is 0 Å². The Morgan fingerprint density at radius 2 is 2.03 bits per heavy atom. The van der Waals surface area contributed by atoms with E-state index >= 15 is 0 Å². The molecule has 1 aromatic carbocycles. The monoisotopic (exact) mass is 431 g/mol. The van der Waals surface area contributed by atoms with Crippen molar-refractivity contribution in [2.75, 3.05) is 12.4 Å². The summed E-state index contributed by atoms with van der Waals surface area (Å²) in [5, 5.41) is 3.03. The van der Waals surface area contributed by atoms with Gasteiger partial charge in [0.05, 0.1) is 37.1 Å². The number of hydrogen-bond donors (Lipinski definition) is 1. The molecule has 2 heterocycles. The molecule has 0 spiro atoms. The maximum atomic E-state index is 12.7. The standard InChI is InChI=1S/C21H23F2N5O3/c1-12-9-28(11-24-12)18-6-5-15(8-19(18)30-4)25-21-26-16(7-17(27-21)13(2)29)10-31-14(3)20(22)23/h5-9,11,14,20H,10H2,1-4H3,(H,25,26,27). The second-order valence-corrected chi connectivity index (χ2v) is 6.91. The van der Waals surface area contributed by atoms with Crippen LogP contribution in [0.3, 0.4) is 0 Å². The van der Waals surface area contributed by atoms with Crippen molar-refractivity contribution in [1.82, 2.24) is 19.5 Å². The molecule has 1 atom stereocenters. The van der Waals surface area contributed by atoms with Gasteiger partial charge in [0.25, 0.3) is 6.43 Å². The number of rotatable bonds is 9. The molecule has 0 amide bonds. The van der Waals surface area contributed by atoms with Gasteiger partial charge in [0.1, 0.15) is 17.5 Å². The molecule has 0 aliphatic heterocycles. The van der Waals surface area contributed by atoms with Crippen molar-refractivity contribution in [1.29, 1.82) is 0 Å². The Hall–Kier alpha value is -3.40. The number of anilines is 2. The van der Waals surface area contributed by atoms with Crippen LogP contribution in [0.5, 0.6) is 5.75 Å². The second-order valence-electron chi connectivity index (χ2n) is 6.91. The number of methoxy groups -OCH3 is 1. The lowest BCUT2D eigenvalue weighted by atomic mass is 10.2. The first-order valence-electron chi connectivity index (χ1n) is 9.51. The molecular formula is C21H23F2N5O3. The zero-order valence-corrected chi connectivity index (χ0v) is 17.6. The average molecular weight is 431 g/mol. The fourth-order valence-electron chi connectivity index (χ4n) is 2.75. The summed E-state index contributed by atoms with van der Waals surface area (Å²) in [4.78, 5) is 24.5. The molecule has 3 rings (SSSR count). The SMILES string of the molecule is COc1cc(Nc2nc(COC(C)C(F)F)cc(C(C)=O)n2)ccc1-n1cnc(C)c1. The number of aryl methyl sites for hydroxylation is 1. The molecule has 0 aliphatic carbocycles. The molecule has 8 nitrogen and oxygen atoms in total. The van der Waals surface area contributed by atoms with Crippen LogP contribution in [0.1, 0.15) is 35.7 Å². The number of benzene rings is 1. The van der Waals surface area contributed by atoms with Gasteiger partial charge in [-0.3, -0.25) is 4.79 Å². The molecule has 1 unspecified atom stereocenters. The van der Waals surface area contributed by atoms with Gasteiger partial charge in [-0.05, 0) is 32.0 Å². The normalized spacial score (nSPS) is 12.1. The van der Waals surface area contributed by atoms with E-state index in [0.29, 0.717) is 17.1 Å². The minimum atomic E-state index is -2.61. The summed E-state index contributed by atoms with van der Waals surface area (Å²) in [5.74, 6) is 0.445. The van der Waals surface area contributed by atoms with Crippen LogP contribution in [0.25, 0.3) is 5.69 Å². The minimum absolute atomic E-state index is 0.143.